The number of aliphatic hydroxyl groups is 1. The molecule has 2 aromatic carbocycles. The third-order valence-corrected chi connectivity index (χ3v) is 3.57. The van der Waals surface area contributed by atoms with Gasteiger partial charge in [0.1, 0.15) is 11.4 Å². The highest BCUT2D eigenvalue weighted by molar-refractivity contribution is 5.94. The fraction of sp³-hybridized carbons (Fsp3) is 0.105. The Hall–Kier alpha value is -4.01. The van der Waals surface area contributed by atoms with Gasteiger partial charge in [-0.2, -0.15) is 0 Å². The number of carboxylic acids is 2. The molecule has 4 N–H and O–H groups in total. The first-order valence-corrected chi connectivity index (χ1v) is 8.04. The minimum Gasteiger partial charge on any atom is -0.508 e. The highest BCUT2D eigenvalue weighted by atomic mass is 16.4. The zero-order valence-corrected chi connectivity index (χ0v) is 14.8. The number of rotatable bonds is 8. The number of nitrogens with one attached hydrogen (secondary N) is 1. The maximum absolute atomic E-state index is 11.8. The van der Waals surface area contributed by atoms with Crippen LogP contribution < -0.4 is 5.32 Å². The van der Waals surface area contributed by atoms with E-state index in [-0.39, 0.29) is 29.1 Å². The zero-order chi connectivity index (χ0) is 20.7. The first-order valence-electron chi connectivity index (χ1n) is 8.04. The summed E-state index contributed by atoms with van der Waals surface area (Å²) in [6.45, 7) is 0.969. The standard InChI is InChI=1S/C19H17N3O6/c1-11(23)17(22-21-15-8-3-2-7-14(15)19(27)28)16(24)10-20-13-6-4-5-12(9-13)18(25)26/h2-9,20,24H,10H2,1H3,(H,25,26)(H,27,28). The van der Waals surface area contributed by atoms with Crippen LogP contribution in [0.3, 0.4) is 0 Å². The van der Waals surface area contributed by atoms with E-state index in [2.05, 4.69) is 15.5 Å². The number of ketones is 1. The van der Waals surface area contributed by atoms with Gasteiger partial charge in [0.15, 0.2) is 11.5 Å². The van der Waals surface area contributed by atoms with Gasteiger partial charge in [-0.25, -0.2) is 9.59 Å². The number of carboxylic acid groups (broad SMARTS) is 2. The fourth-order valence-electron chi connectivity index (χ4n) is 2.21. The van der Waals surface area contributed by atoms with Crippen molar-refractivity contribution in [2.75, 3.05) is 11.9 Å². The fourth-order valence-corrected chi connectivity index (χ4v) is 2.21. The quantitative estimate of drug-likeness (QED) is 0.309. The molecule has 28 heavy (non-hydrogen) atoms. The molecule has 0 bridgehead atoms. The molecule has 0 aliphatic rings. The van der Waals surface area contributed by atoms with Gasteiger partial charge in [0.05, 0.1) is 17.7 Å². The Morgan fingerprint density at radius 1 is 0.964 bits per heavy atom. The van der Waals surface area contributed by atoms with E-state index >= 15 is 0 Å². The van der Waals surface area contributed by atoms with Crippen LogP contribution in [0.25, 0.3) is 0 Å². The number of nitrogens with zero attached hydrogens (tertiary/aromatic N) is 2. The van der Waals surface area contributed by atoms with Crippen molar-refractivity contribution in [2.45, 2.75) is 6.92 Å². The molecule has 0 amide bonds. The van der Waals surface area contributed by atoms with Crippen LogP contribution in [0.1, 0.15) is 27.6 Å². The van der Waals surface area contributed by atoms with E-state index in [1.165, 1.54) is 43.3 Å². The lowest BCUT2D eigenvalue weighted by molar-refractivity contribution is -0.113. The minimum atomic E-state index is -1.20. The van der Waals surface area contributed by atoms with Crippen LogP contribution in [0.2, 0.25) is 0 Å². The summed E-state index contributed by atoms with van der Waals surface area (Å²) in [6, 6.07) is 11.7. The lowest BCUT2D eigenvalue weighted by Gasteiger charge is -2.08. The van der Waals surface area contributed by atoms with Crippen molar-refractivity contribution in [3.05, 3.63) is 71.1 Å². The molecule has 9 heteroatoms. The summed E-state index contributed by atoms with van der Waals surface area (Å²) >= 11 is 0. The summed E-state index contributed by atoms with van der Waals surface area (Å²) in [4.78, 5) is 34.0. The Morgan fingerprint density at radius 3 is 2.32 bits per heavy atom. The van der Waals surface area contributed by atoms with Crippen molar-refractivity contribution in [2.24, 2.45) is 10.2 Å². The van der Waals surface area contributed by atoms with Crippen LogP contribution in [0.4, 0.5) is 11.4 Å². The van der Waals surface area contributed by atoms with Gasteiger partial charge in [-0.3, -0.25) is 4.79 Å². The highest BCUT2D eigenvalue weighted by Gasteiger charge is 2.13. The van der Waals surface area contributed by atoms with Crippen molar-refractivity contribution in [3.63, 3.8) is 0 Å². The topological polar surface area (TPSA) is 149 Å². The second kappa shape index (κ2) is 9.08. The van der Waals surface area contributed by atoms with Crippen molar-refractivity contribution in [1.82, 2.24) is 0 Å². The van der Waals surface area contributed by atoms with Gasteiger partial charge in [0.2, 0.25) is 0 Å². The third kappa shape index (κ3) is 5.24. The van der Waals surface area contributed by atoms with E-state index in [4.69, 9.17) is 10.2 Å². The van der Waals surface area contributed by atoms with Crippen LogP contribution >= 0.6 is 0 Å². The smallest absolute Gasteiger partial charge is 0.337 e. The van der Waals surface area contributed by atoms with E-state index in [1.54, 1.807) is 12.1 Å². The van der Waals surface area contributed by atoms with Gasteiger partial charge < -0.3 is 20.6 Å². The third-order valence-electron chi connectivity index (χ3n) is 3.57. The average molecular weight is 383 g/mol. The Labute approximate surface area is 159 Å². The molecule has 0 fully saturated rings. The predicted octanol–water partition coefficient (Wildman–Crippen LogP) is 3.64. The zero-order valence-electron chi connectivity index (χ0n) is 14.8. The van der Waals surface area contributed by atoms with Gasteiger partial charge in [-0.15, -0.1) is 10.2 Å². The summed E-state index contributed by atoms with van der Waals surface area (Å²) in [5.41, 5.74) is 0.0655. The number of benzene rings is 2. The summed E-state index contributed by atoms with van der Waals surface area (Å²) in [7, 11) is 0. The lowest BCUT2D eigenvalue weighted by Crippen LogP contribution is -2.10. The second-order valence-electron chi connectivity index (χ2n) is 5.61. The molecule has 0 spiro atoms. The number of azo groups is 1. The molecule has 0 heterocycles. The monoisotopic (exact) mass is 383 g/mol. The number of hydrogen-bond donors (Lipinski definition) is 4. The Kier molecular flexibility index (Phi) is 6.58. The van der Waals surface area contributed by atoms with Gasteiger partial charge >= 0.3 is 11.9 Å². The largest absolute Gasteiger partial charge is 0.508 e. The molecule has 0 saturated carbocycles. The first-order chi connectivity index (χ1) is 13.3. The van der Waals surface area contributed by atoms with E-state index in [0.29, 0.717) is 5.69 Å². The number of carbonyl (C=O) groups excluding carboxylic acids is 1. The van der Waals surface area contributed by atoms with E-state index in [1.807, 2.05) is 0 Å². The Balaban J connectivity index is 2.23. The average Bonchev–Trinajstić information content (AvgIpc) is 2.66. The first kappa shape index (κ1) is 20.3. The number of allylic oxidation sites excluding steroid dienone is 1. The van der Waals surface area contributed by atoms with Crippen LogP contribution in [-0.4, -0.2) is 39.6 Å². The molecular weight excluding hydrogens is 366 g/mol. The molecule has 0 radical (unpaired) electrons. The maximum atomic E-state index is 11.8. The summed E-state index contributed by atoms with van der Waals surface area (Å²) in [5.74, 6) is -3.30. The van der Waals surface area contributed by atoms with Gasteiger partial charge in [0, 0.05) is 12.6 Å². The number of aliphatic hydroxyl groups excluding tert-OH is 1. The molecule has 0 aliphatic carbocycles. The normalized spacial score (nSPS) is 11.8. The van der Waals surface area contributed by atoms with E-state index in [9.17, 15) is 19.5 Å². The van der Waals surface area contributed by atoms with Crippen molar-refractivity contribution in [3.8, 4) is 0 Å². The molecule has 9 nitrogen and oxygen atoms in total. The summed E-state index contributed by atoms with van der Waals surface area (Å²) in [5, 5.41) is 38.6. The molecule has 2 aromatic rings. The van der Waals surface area contributed by atoms with Gasteiger partial charge in [-0.05, 0) is 30.3 Å². The van der Waals surface area contributed by atoms with Gasteiger partial charge in [0.25, 0.3) is 0 Å². The molecular formula is C19H17N3O6. The summed E-state index contributed by atoms with van der Waals surface area (Å²) in [6.07, 6.45) is 0. The molecule has 144 valence electrons. The Morgan fingerprint density at radius 2 is 1.68 bits per heavy atom. The number of aromatic carboxylic acids is 2. The number of Topliss-reactive ketones (excluding diaryl/α,β-unsaturated/α-hetero) is 1. The van der Waals surface area contributed by atoms with Crippen LogP contribution in [-0.2, 0) is 4.79 Å². The van der Waals surface area contributed by atoms with E-state index < -0.39 is 23.5 Å². The van der Waals surface area contributed by atoms with Crippen molar-refractivity contribution in [1.29, 1.82) is 0 Å². The molecule has 0 atom stereocenters. The molecule has 2 rings (SSSR count). The molecule has 0 aliphatic heterocycles. The number of anilines is 1. The minimum absolute atomic E-state index is 0.0312. The van der Waals surface area contributed by atoms with E-state index in [0.717, 1.165) is 0 Å². The number of carbonyl (C=O) groups is 3. The molecule has 0 aromatic heterocycles. The van der Waals surface area contributed by atoms with Crippen molar-refractivity contribution >= 4 is 29.1 Å². The Bertz CT molecular complexity index is 981. The second-order valence-corrected chi connectivity index (χ2v) is 5.61. The summed E-state index contributed by atoms with van der Waals surface area (Å²) < 4.78 is 0. The number of hydrogen-bond acceptors (Lipinski definition) is 7. The van der Waals surface area contributed by atoms with Crippen LogP contribution in [0.5, 0.6) is 0 Å². The molecule has 0 unspecified atom stereocenters. The molecule has 0 saturated heterocycles. The van der Waals surface area contributed by atoms with Crippen molar-refractivity contribution < 1.29 is 29.7 Å². The maximum Gasteiger partial charge on any atom is 0.337 e. The van der Waals surface area contributed by atoms with Crippen LogP contribution in [0.15, 0.2) is 70.2 Å². The SMILES string of the molecule is CC(=O)C(N=Nc1ccccc1C(=O)O)=C(O)CNc1cccc(C(=O)O)c1. The lowest BCUT2D eigenvalue weighted by atomic mass is 10.2. The predicted molar refractivity (Wildman–Crippen MR) is 100 cm³/mol. The van der Waals surface area contributed by atoms with Gasteiger partial charge in [-0.1, -0.05) is 18.2 Å². The highest BCUT2D eigenvalue weighted by Crippen LogP contribution is 2.21. The van der Waals surface area contributed by atoms with Crippen LogP contribution in [0, 0.1) is 0 Å².